The van der Waals surface area contributed by atoms with Crippen LogP contribution in [0, 0.1) is 0 Å². The van der Waals surface area contributed by atoms with Crippen molar-refractivity contribution in [2.24, 2.45) is 0 Å². The highest BCUT2D eigenvalue weighted by molar-refractivity contribution is 5.84. The molecule has 2 N–H and O–H groups in total. The monoisotopic (exact) mass is 287 g/mol. The molecule has 114 valence electrons. The lowest BCUT2D eigenvalue weighted by atomic mass is 10.2. The summed E-state index contributed by atoms with van der Waals surface area (Å²) < 4.78 is 0. The van der Waals surface area contributed by atoms with Gasteiger partial charge in [0.15, 0.2) is 0 Å². The average molecular weight is 287 g/mol. The second-order valence-corrected chi connectivity index (χ2v) is 5.18. The second kappa shape index (κ2) is 7.09. The van der Waals surface area contributed by atoms with Gasteiger partial charge in [0.2, 0.25) is 0 Å². The maximum Gasteiger partial charge on any atom is 0.323 e. The molecule has 1 rings (SSSR count). The van der Waals surface area contributed by atoms with Gasteiger partial charge >= 0.3 is 18.0 Å². The summed E-state index contributed by atoms with van der Waals surface area (Å²) in [5, 5.41) is 17.6. The third kappa shape index (κ3) is 4.69. The Hall–Kier alpha value is -1.83. The summed E-state index contributed by atoms with van der Waals surface area (Å²) in [5.74, 6) is -2.44. The summed E-state index contributed by atoms with van der Waals surface area (Å²) in [6, 6.07) is -0.512. The van der Waals surface area contributed by atoms with Crippen molar-refractivity contribution in [2.75, 3.05) is 40.3 Å². The zero-order chi connectivity index (χ0) is 15.3. The number of carbonyl (C=O) groups is 3. The first kappa shape index (κ1) is 16.2. The van der Waals surface area contributed by atoms with Crippen LogP contribution >= 0.6 is 0 Å². The zero-order valence-corrected chi connectivity index (χ0v) is 11.8. The Balaban J connectivity index is 2.76. The van der Waals surface area contributed by atoms with Gasteiger partial charge in [-0.05, 0) is 26.9 Å². The van der Waals surface area contributed by atoms with E-state index in [1.54, 1.807) is 4.90 Å². The highest BCUT2D eigenvalue weighted by atomic mass is 16.4. The number of likely N-dealkylation sites (tertiary alicyclic amines) is 1. The van der Waals surface area contributed by atoms with Gasteiger partial charge in [0.25, 0.3) is 0 Å². The maximum absolute atomic E-state index is 12.3. The molecule has 2 amide bonds. The van der Waals surface area contributed by atoms with E-state index in [1.807, 2.05) is 19.0 Å². The fraction of sp³-hybridized carbons (Fsp3) is 0.750. The Bertz CT molecular complexity index is 369. The number of carbonyl (C=O) groups excluding carboxylic acids is 1. The lowest BCUT2D eigenvalue weighted by Gasteiger charge is -2.31. The smallest absolute Gasteiger partial charge is 0.323 e. The average Bonchev–Trinajstić information content (AvgIpc) is 2.73. The number of amides is 2. The van der Waals surface area contributed by atoms with Gasteiger partial charge in [-0.2, -0.15) is 0 Å². The molecule has 0 radical (unpaired) electrons. The van der Waals surface area contributed by atoms with Crippen LogP contribution in [-0.4, -0.2) is 89.2 Å². The normalized spacial score (nSPS) is 18.4. The van der Waals surface area contributed by atoms with Crippen molar-refractivity contribution in [1.29, 1.82) is 0 Å². The quantitative estimate of drug-likeness (QED) is 0.689. The molecule has 1 saturated heterocycles. The summed E-state index contributed by atoms with van der Waals surface area (Å²) in [6.45, 7) is 0.0133. The Morgan fingerprint density at radius 2 is 1.70 bits per heavy atom. The van der Waals surface area contributed by atoms with Crippen LogP contribution in [-0.2, 0) is 9.59 Å². The van der Waals surface area contributed by atoms with E-state index in [4.69, 9.17) is 10.2 Å². The highest BCUT2D eigenvalue weighted by Gasteiger charge is 2.33. The summed E-state index contributed by atoms with van der Waals surface area (Å²) in [5.41, 5.74) is 0. The van der Waals surface area contributed by atoms with Gasteiger partial charge in [-0.15, -0.1) is 0 Å². The third-order valence-corrected chi connectivity index (χ3v) is 3.12. The van der Waals surface area contributed by atoms with E-state index < -0.39 is 31.1 Å². The van der Waals surface area contributed by atoms with Crippen molar-refractivity contribution in [1.82, 2.24) is 14.7 Å². The maximum atomic E-state index is 12.3. The fourth-order valence-electron chi connectivity index (χ4n) is 2.40. The molecule has 0 aromatic heterocycles. The van der Waals surface area contributed by atoms with E-state index in [2.05, 4.69) is 0 Å². The van der Waals surface area contributed by atoms with Crippen LogP contribution < -0.4 is 0 Å². The van der Waals surface area contributed by atoms with Gasteiger partial charge in [-0.1, -0.05) is 0 Å². The number of aliphatic carboxylic acids is 2. The van der Waals surface area contributed by atoms with Crippen LogP contribution in [0.4, 0.5) is 4.79 Å². The van der Waals surface area contributed by atoms with Crippen LogP contribution in [0.1, 0.15) is 12.8 Å². The van der Waals surface area contributed by atoms with Crippen molar-refractivity contribution >= 4 is 18.0 Å². The third-order valence-electron chi connectivity index (χ3n) is 3.12. The summed E-state index contributed by atoms with van der Waals surface area (Å²) in [7, 11) is 3.79. The minimum atomic E-state index is -1.22. The predicted octanol–water partition coefficient (Wildman–Crippen LogP) is -0.396. The summed E-state index contributed by atoms with van der Waals surface area (Å²) >= 11 is 0. The Kier molecular flexibility index (Phi) is 5.75. The highest BCUT2D eigenvalue weighted by Crippen LogP contribution is 2.19. The molecule has 1 heterocycles. The van der Waals surface area contributed by atoms with Crippen molar-refractivity contribution in [3.8, 4) is 0 Å². The van der Waals surface area contributed by atoms with E-state index >= 15 is 0 Å². The van der Waals surface area contributed by atoms with Crippen molar-refractivity contribution in [2.45, 2.75) is 18.9 Å². The van der Waals surface area contributed by atoms with Crippen molar-refractivity contribution < 1.29 is 24.6 Å². The predicted molar refractivity (Wildman–Crippen MR) is 70.5 cm³/mol. The number of urea groups is 1. The molecule has 1 unspecified atom stereocenters. The first-order valence-corrected chi connectivity index (χ1v) is 6.45. The lowest BCUT2D eigenvalue weighted by molar-refractivity contribution is -0.140. The number of hydrogen-bond donors (Lipinski definition) is 2. The van der Waals surface area contributed by atoms with Gasteiger partial charge in [0.1, 0.15) is 13.1 Å². The standard InChI is InChI=1S/C12H21N3O5/c1-13(2)6-9-4-3-5-15(9)12(20)14(7-10(16)17)8-11(18)19/h9H,3-8H2,1-2H3,(H,16,17)(H,18,19). The Morgan fingerprint density at radius 3 is 2.15 bits per heavy atom. The Morgan fingerprint density at radius 1 is 1.15 bits per heavy atom. The number of hydrogen-bond acceptors (Lipinski definition) is 4. The molecule has 0 aromatic rings. The minimum Gasteiger partial charge on any atom is -0.480 e. The first-order chi connectivity index (χ1) is 9.31. The largest absolute Gasteiger partial charge is 0.480 e. The van der Waals surface area contributed by atoms with E-state index in [0.717, 1.165) is 17.7 Å². The van der Waals surface area contributed by atoms with E-state index in [-0.39, 0.29) is 6.04 Å². The molecule has 0 aliphatic carbocycles. The molecular formula is C12H21N3O5. The van der Waals surface area contributed by atoms with Crippen LogP contribution in [0.15, 0.2) is 0 Å². The SMILES string of the molecule is CN(C)CC1CCCN1C(=O)N(CC(=O)O)CC(=O)O. The molecule has 1 fully saturated rings. The van der Waals surface area contributed by atoms with Crippen molar-refractivity contribution in [3.63, 3.8) is 0 Å². The number of nitrogens with zero attached hydrogens (tertiary/aromatic N) is 3. The zero-order valence-electron chi connectivity index (χ0n) is 11.8. The van der Waals surface area contributed by atoms with E-state index in [0.29, 0.717) is 13.1 Å². The Labute approximate surface area is 117 Å². The van der Waals surface area contributed by atoms with Crippen LogP contribution in [0.2, 0.25) is 0 Å². The molecule has 1 aliphatic heterocycles. The van der Waals surface area contributed by atoms with Crippen LogP contribution in [0.25, 0.3) is 0 Å². The topological polar surface area (TPSA) is 101 Å². The fourth-order valence-corrected chi connectivity index (χ4v) is 2.40. The minimum absolute atomic E-state index is 0.00240. The molecule has 0 spiro atoms. The molecule has 8 heteroatoms. The van der Waals surface area contributed by atoms with Crippen LogP contribution in [0.3, 0.4) is 0 Å². The molecular weight excluding hydrogens is 266 g/mol. The first-order valence-electron chi connectivity index (χ1n) is 6.45. The second-order valence-electron chi connectivity index (χ2n) is 5.18. The number of rotatable bonds is 6. The van der Waals surface area contributed by atoms with Crippen LogP contribution in [0.5, 0.6) is 0 Å². The molecule has 20 heavy (non-hydrogen) atoms. The van der Waals surface area contributed by atoms with Crippen molar-refractivity contribution in [3.05, 3.63) is 0 Å². The van der Waals surface area contributed by atoms with Gasteiger partial charge < -0.3 is 24.9 Å². The molecule has 0 aromatic carbocycles. The lowest BCUT2D eigenvalue weighted by Crippen LogP contribution is -2.50. The molecule has 1 aliphatic rings. The number of carboxylic acid groups (broad SMARTS) is 2. The van der Waals surface area contributed by atoms with E-state index in [1.165, 1.54) is 0 Å². The molecule has 0 bridgehead atoms. The number of likely N-dealkylation sites (N-methyl/N-ethyl adjacent to an activating group) is 1. The summed E-state index contributed by atoms with van der Waals surface area (Å²) in [6.07, 6.45) is 1.69. The summed E-state index contributed by atoms with van der Waals surface area (Å²) in [4.78, 5) is 38.2. The molecule has 8 nitrogen and oxygen atoms in total. The van der Waals surface area contributed by atoms with Gasteiger partial charge in [0, 0.05) is 19.1 Å². The van der Waals surface area contributed by atoms with E-state index in [9.17, 15) is 14.4 Å². The molecule has 0 saturated carbocycles. The van der Waals surface area contributed by atoms with Gasteiger partial charge in [-0.25, -0.2) is 4.79 Å². The number of carboxylic acids is 2. The van der Waals surface area contributed by atoms with Gasteiger partial charge in [0.05, 0.1) is 0 Å². The van der Waals surface area contributed by atoms with Gasteiger partial charge in [-0.3, -0.25) is 9.59 Å². The molecule has 1 atom stereocenters.